The van der Waals surface area contributed by atoms with E-state index in [4.69, 9.17) is 4.74 Å². The molecule has 184 valence electrons. The lowest BCUT2D eigenvalue weighted by Crippen LogP contribution is -2.16. The van der Waals surface area contributed by atoms with Crippen molar-refractivity contribution < 1.29 is 22.8 Å². The Hall–Kier alpha value is -3.80. The van der Waals surface area contributed by atoms with Crippen molar-refractivity contribution in [2.24, 2.45) is 0 Å². The Bertz CT molecular complexity index is 1310. The Labute approximate surface area is 198 Å². The van der Waals surface area contributed by atoms with Crippen LogP contribution < -0.4 is 10.2 Å². The van der Waals surface area contributed by atoms with Crippen molar-refractivity contribution in [1.29, 1.82) is 0 Å². The molecule has 1 aliphatic heterocycles. The molecule has 1 atom stereocenters. The maximum atomic E-state index is 13.4. The first-order chi connectivity index (χ1) is 16.5. The summed E-state index contributed by atoms with van der Waals surface area (Å²) in [6.07, 6.45) is -0.453. The van der Waals surface area contributed by atoms with Crippen molar-refractivity contribution in [2.75, 3.05) is 37.5 Å². The number of pyridine rings is 1. The van der Waals surface area contributed by atoms with E-state index in [1.807, 2.05) is 12.1 Å². The van der Waals surface area contributed by atoms with Gasteiger partial charge in [-0.15, -0.1) is 0 Å². The van der Waals surface area contributed by atoms with Gasteiger partial charge < -0.3 is 15.0 Å². The summed E-state index contributed by atoms with van der Waals surface area (Å²) < 4.78 is 45.5. The largest absolute Gasteiger partial charge is 0.416 e. The molecule has 0 unspecified atom stereocenters. The second kappa shape index (κ2) is 9.45. The number of nitrogens with zero attached hydrogens (tertiary/aromatic N) is 5. The number of aromatic nitrogens is 3. The minimum absolute atomic E-state index is 0.103. The molecule has 1 N–H and O–H groups in total. The van der Waals surface area contributed by atoms with Gasteiger partial charge in [-0.25, -0.2) is 4.98 Å². The molecule has 1 aromatic carbocycles. The van der Waals surface area contributed by atoms with Gasteiger partial charge in [0.25, 0.3) is 5.69 Å². The minimum Gasteiger partial charge on any atom is -0.377 e. The smallest absolute Gasteiger partial charge is 0.377 e. The van der Waals surface area contributed by atoms with Gasteiger partial charge >= 0.3 is 6.18 Å². The predicted octanol–water partition coefficient (Wildman–Crippen LogP) is 4.99. The molecular weight excluding hydrogens is 465 g/mol. The van der Waals surface area contributed by atoms with Gasteiger partial charge in [-0.2, -0.15) is 18.2 Å². The Morgan fingerprint density at radius 1 is 1.20 bits per heavy atom. The number of halogens is 3. The molecule has 0 saturated heterocycles. The fourth-order valence-corrected chi connectivity index (χ4v) is 3.71. The van der Waals surface area contributed by atoms with E-state index in [-0.39, 0.29) is 5.56 Å². The Morgan fingerprint density at radius 3 is 2.60 bits per heavy atom. The Kier molecular flexibility index (Phi) is 6.57. The highest BCUT2D eigenvalue weighted by Crippen LogP contribution is 2.35. The number of hydrogen-bond acceptors (Lipinski definition) is 8. The van der Waals surface area contributed by atoms with Crippen molar-refractivity contribution in [3.63, 3.8) is 0 Å². The van der Waals surface area contributed by atoms with E-state index in [1.165, 1.54) is 0 Å². The third-order valence-electron chi connectivity index (χ3n) is 5.59. The van der Waals surface area contributed by atoms with Crippen LogP contribution in [0.2, 0.25) is 0 Å². The van der Waals surface area contributed by atoms with E-state index in [2.05, 4.69) is 20.3 Å². The van der Waals surface area contributed by atoms with Gasteiger partial charge in [0.15, 0.2) is 0 Å². The van der Waals surface area contributed by atoms with Gasteiger partial charge in [0.2, 0.25) is 5.95 Å². The number of benzene rings is 1. The zero-order valence-electron chi connectivity index (χ0n) is 19.3. The molecule has 1 aliphatic rings. The zero-order chi connectivity index (χ0) is 25.3. The highest BCUT2D eigenvalue weighted by molar-refractivity contribution is 5.91. The molecule has 4 rings (SSSR count). The molecule has 0 radical (unpaired) electrons. The first kappa shape index (κ1) is 24.3. The lowest BCUT2D eigenvalue weighted by Gasteiger charge is -2.20. The van der Waals surface area contributed by atoms with Crippen LogP contribution in [-0.4, -0.2) is 47.2 Å². The summed E-state index contributed by atoms with van der Waals surface area (Å²) in [6.45, 7) is 2.69. The summed E-state index contributed by atoms with van der Waals surface area (Å²) >= 11 is 0. The molecule has 0 bridgehead atoms. The van der Waals surface area contributed by atoms with Crippen LogP contribution >= 0.6 is 0 Å². The van der Waals surface area contributed by atoms with Crippen molar-refractivity contribution in [3.8, 4) is 0 Å². The fourth-order valence-electron chi connectivity index (χ4n) is 3.71. The van der Waals surface area contributed by atoms with Crippen LogP contribution in [0.4, 0.5) is 30.6 Å². The van der Waals surface area contributed by atoms with E-state index in [0.29, 0.717) is 48.4 Å². The molecule has 0 fully saturated rings. The van der Waals surface area contributed by atoms with Crippen LogP contribution in [0.15, 0.2) is 36.5 Å². The van der Waals surface area contributed by atoms with E-state index < -0.39 is 28.4 Å². The number of fused-ring (bicyclic) bond motifs is 1. The van der Waals surface area contributed by atoms with Crippen LogP contribution in [-0.2, 0) is 10.9 Å². The monoisotopic (exact) mass is 488 g/mol. The second-order valence-electron chi connectivity index (χ2n) is 8.34. The van der Waals surface area contributed by atoms with Crippen LogP contribution in [0, 0.1) is 10.1 Å². The van der Waals surface area contributed by atoms with Gasteiger partial charge in [0, 0.05) is 31.6 Å². The zero-order valence-corrected chi connectivity index (χ0v) is 19.3. The van der Waals surface area contributed by atoms with Crippen molar-refractivity contribution in [3.05, 3.63) is 63.5 Å². The Morgan fingerprint density at radius 2 is 1.97 bits per heavy atom. The van der Waals surface area contributed by atoms with Gasteiger partial charge in [0.1, 0.15) is 5.82 Å². The number of hydrogen-bond donors (Lipinski definition) is 1. The SMILES string of the molecule is C[C@@H](Nc1nc(N(C)C)nc2cnc(C3=CCOCC3)cc12)c1cc([N+](=O)[O-])cc(C(F)(F)F)c1. The number of alkyl halides is 3. The highest BCUT2D eigenvalue weighted by atomic mass is 19.4. The molecule has 0 spiro atoms. The third-order valence-corrected chi connectivity index (χ3v) is 5.59. The van der Waals surface area contributed by atoms with Crippen LogP contribution in [0.5, 0.6) is 0 Å². The van der Waals surface area contributed by atoms with E-state index >= 15 is 0 Å². The highest BCUT2D eigenvalue weighted by Gasteiger charge is 2.33. The lowest BCUT2D eigenvalue weighted by atomic mass is 10.0. The Balaban J connectivity index is 1.79. The van der Waals surface area contributed by atoms with E-state index in [9.17, 15) is 23.3 Å². The summed E-state index contributed by atoms with van der Waals surface area (Å²) in [7, 11) is 3.53. The van der Waals surface area contributed by atoms with Gasteiger partial charge in [-0.05, 0) is 36.6 Å². The van der Waals surface area contributed by atoms with Crippen molar-refractivity contribution in [1.82, 2.24) is 15.0 Å². The topological polar surface area (TPSA) is 106 Å². The predicted molar refractivity (Wildman–Crippen MR) is 125 cm³/mol. The molecular formula is C23H23F3N6O3. The summed E-state index contributed by atoms with van der Waals surface area (Å²) in [5, 5.41) is 15.0. The fraction of sp³-hybridized carbons (Fsp3) is 0.348. The van der Waals surface area contributed by atoms with Gasteiger partial charge in [0.05, 0.1) is 47.1 Å². The first-order valence-electron chi connectivity index (χ1n) is 10.8. The second-order valence-corrected chi connectivity index (χ2v) is 8.34. The maximum Gasteiger partial charge on any atom is 0.416 e. The number of anilines is 2. The van der Waals surface area contributed by atoms with E-state index in [0.717, 1.165) is 23.4 Å². The number of non-ortho nitro benzene ring substituents is 1. The molecule has 35 heavy (non-hydrogen) atoms. The normalized spacial score (nSPS) is 15.0. The quantitative estimate of drug-likeness (QED) is 0.382. The average molecular weight is 488 g/mol. The van der Waals surface area contributed by atoms with Crippen LogP contribution in [0.1, 0.15) is 36.2 Å². The number of nitrogens with one attached hydrogen (secondary N) is 1. The summed E-state index contributed by atoms with van der Waals surface area (Å²) in [5.41, 5.74) is 0.670. The molecule has 3 aromatic rings. The van der Waals surface area contributed by atoms with Gasteiger partial charge in [-0.1, -0.05) is 6.08 Å². The number of nitro groups is 1. The van der Waals surface area contributed by atoms with Crippen molar-refractivity contribution >= 4 is 33.9 Å². The minimum atomic E-state index is -4.72. The maximum absolute atomic E-state index is 13.4. The average Bonchev–Trinajstić information content (AvgIpc) is 2.83. The summed E-state index contributed by atoms with van der Waals surface area (Å²) in [4.78, 5) is 25.7. The van der Waals surface area contributed by atoms with Crippen LogP contribution in [0.3, 0.4) is 0 Å². The number of rotatable bonds is 6. The molecule has 3 heterocycles. The summed E-state index contributed by atoms with van der Waals surface area (Å²) in [6, 6.07) is 3.65. The number of ether oxygens (including phenoxy) is 1. The van der Waals surface area contributed by atoms with Gasteiger partial charge in [-0.3, -0.25) is 15.1 Å². The molecule has 2 aromatic heterocycles. The lowest BCUT2D eigenvalue weighted by molar-refractivity contribution is -0.385. The van der Waals surface area contributed by atoms with Crippen LogP contribution in [0.25, 0.3) is 16.5 Å². The molecule has 0 aliphatic carbocycles. The summed E-state index contributed by atoms with van der Waals surface area (Å²) in [5.74, 6) is 0.754. The van der Waals surface area contributed by atoms with E-state index in [1.54, 1.807) is 32.1 Å². The first-order valence-corrected chi connectivity index (χ1v) is 10.8. The molecule has 0 saturated carbocycles. The molecule has 0 amide bonds. The third kappa shape index (κ3) is 5.32. The number of nitro benzene ring substituents is 1. The van der Waals surface area contributed by atoms with Crippen molar-refractivity contribution in [2.45, 2.75) is 25.6 Å². The molecule has 12 heteroatoms. The standard InChI is InChI=1S/C23H23F3N6O3/c1-13(15-8-16(23(24,25)26)10-17(9-15)32(33)34)28-21-18-11-19(14-4-6-35-7-5-14)27-12-20(18)29-22(30-21)31(2)3/h4,8-13H,5-7H2,1-3H3,(H,28,29,30)/t13-/m1/s1. The molecule has 9 nitrogen and oxygen atoms in total.